The van der Waals surface area contributed by atoms with Crippen molar-refractivity contribution in [2.75, 3.05) is 20.7 Å². The molecule has 0 aliphatic heterocycles. The molecule has 0 unspecified atom stereocenters. The van der Waals surface area contributed by atoms with Crippen molar-refractivity contribution in [2.45, 2.75) is 39.9 Å². The molecule has 30 heavy (non-hydrogen) atoms. The van der Waals surface area contributed by atoms with Gasteiger partial charge < -0.3 is 20.3 Å². The molecule has 2 aromatic carbocycles. The molecule has 162 valence electrons. The number of nitrogens with one attached hydrogen (secondary N) is 2. The lowest BCUT2D eigenvalue weighted by atomic mass is 10.0. The summed E-state index contributed by atoms with van der Waals surface area (Å²) >= 11 is 0. The third-order valence-electron chi connectivity index (χ3n) is 4.73. The zero-order valence-corrected chi connectivity index (χ0v) is 18.6. The number of nitrogens with zero attached hydrogens (tertiary/aromatic N) is 1. The van der Waals surface area contributed by atoms with Crippen LogP contribution in [0.1, 0.15) is 42.3 Å². The van der Waals surface area contributed by atoms with Crippen LogP contribution in [0.3, 0.4) is 0 Å². The van der Waals surface area contributed by atoms with E-state index in [1.807, 2.05) is 59.1 Å². The van der Waals surface area contributed by atoms with Gasteiger partial charge in [-0.2, -0.15) is 0 Å². The first-order valence-corrected chi connectivity index (χ1v) is 10.3. The summed E-state index contributed by atoms with van der Waals surface area (Å²) in [4.78, 5) is 27.8. The van der Waals surface area contributed by atoms with E-state index >= 15 is 0 Å². The molecule has 1 atom stereocenters. The van der Waals surface area contributed by atoms with E-state index in [-0.39, 0.29) is 17.7 Å². The molecule has 0 bridgehead atoms. The fourth-order valence-electron chi connectivity index (χ4n) is 3.21. The van der Waals surface area contributed by atoms with Gasteiger partial charge in [-0.1, -0.05) is 50.2 Å². The summed E-state index contributed by atoms with van der Waals surface area (Å²) in [6, 6.07) is 14.5. The van der Waals surface area contributed by atoms with Gasteiger partial charge >= 0.3 is 0 Å². The Bertz CT molecular complexity index is 849. The van der Waals surface area contributed by atoms with Crippen LogP contribution in [0.25, 0.3) is 0 Å². The summed E-state index contributed by atoms with van der Waals surface area (Å²) < 4.78 is 5.55. The summed E-state index contributed by atoms with van der Waals surface area (Å²) in [6.07, 6.45) is 0. The van der Waals surface area contributed by atoms with E-state index in [4.69, 9.17) is 4.74 Å². The van der Waals surface area contributed by atoms with Gasteiger partial charge in [0.15, 0.2) is 0 Å². The molecule has 2 N–H and O–H groups in total. The number of hydrogen-bond acceptors (Lipinski definition) is 4. The van der Waals surface area contributed by atoms with Crippen LogP contribution in [0.2, 0.25) is 0 Å². The van der Waals surface area contributed by atoms with E-state index in [0.29, 0.717) is 24.5 Å². The topological polar surface area (TPSA) is 70.7 Å². The van der Waals surface area contributed by atoms with E-state index in [1.54, 1.807) is 18.2 Å². The number of carbonyl (C=O) groups excluding carboxylic acids is 2. The Balaban J connectivity index is 2.08. The Kier molecular flexibility index (Phi) is 8.87. The van der Waals surface area contributed by atoms with Crippen LogP contribution >= 0.6 is 0 Å². The first kappa shape index (κ1) is 23.4. The molecule has 2 rings (SSSR count). The van der Waals surface area contributed by atoms with E-state index in [0.717, 1.165) is 12.1 Å². The molecule has 0 fully saturated rings. The van der Waals surface area contributed by atoms with Crippen LogP contribution in [0.5, 0.6) is 5.75 Å². The molecule has 0 radical (unpaired) electrons. The zero-order valence-electron chi connectivity index (χ0n) is 18.6. The van der Waals surface area contributed by atoms with Gasteiger partial charge in [-0.05, 0) is 50.2 Å². The molecule has 2 amide bonds. The monoisotopic (exact) mass is 411 g/mol. The fraction of sp³-hybridized carbons (Fsp3) is 0.417. The largest absolute Gasteiger partial charge is 0.493 e. The number of benzene rings is 2. The highest BCUT2D eigenvalue weighted by Gasteiger charge is 2.25. The average molecular weight is 412 g/mol. The molecule has 0 saturated heterocycles. The summed E-state index contributed by atoms with van der Waals surface area (Å²) in [5.74, 6) is -0.0731. The van der Waals surface area contributed by atoms with E-state index < -0.39 is 6.04 Å². The van der Waals surface area contributed by atoms with E-state index in [9.17, 15) is 9.59 Å². The molecule has 0 spiro atoms. The Morgan fingerprint density at radius 3 is 2.27 bits per heavy atom. The fourth-order valence-corrected chi connectivity index (χ4v) is 3.21. The highest BCUT2D eigenvalue weighted by Crippen LogP contribution is 2.18. The molecule has 2 aromatic rings. The van der Waals surface area contributed by atoms with E-state index in [2.05, 4.69) is 21.6 Å². The van der Waals surface area contributed by atoms with Crippen LogP contribution < -0.4 is 15.4 Å². The molecule has 0 aliphatic carbocycles. The van der Waals surface area contributed by atoms with Crippen molar-refractivity contribution in [1.82, 2.24) is 15.5 Å². The molecular formula is C24H33N3O3. The van der Waals surface area contributed by atoms with Gasteiger partial charge in [0.05, 0.1) is 12.2 Å². The summed E-state index contributed by atoms with van der Waals surface area (Å²) in [7, 11) is 4.03. The summed E-state index contributed by atoms with van der Waals surface area (Å²) in [5, 5.41) is 5.86. The third-order valence-corrected chi connectivity index (χ3v) is 4.73. The molecule has 0 saturated carbocycles. The minimum atomic E-state index is -0.645. The maximum atomic E-state index is 12.9. The molecule has 6 nitrogen and oxygen atoms in total. The molecule has 0 aromatic heterocycles. The van der Waals surface area contributed by atoms with Crippen molar-refractivity contribution in [2.24, 2.45) is 5.92 Å². The molecular weight excluding hydrogens is 378 g/mol. The highest BCUT2D eigenvalue weighted by atomic mass is 16.5. The third kappa shape index (κ3) is 6.59. The smallest absolute Gasteiger partial charge is 0.255 e. The van der Waals surface area contributed by atoms with Crippen molar-refractivity contribution < 1.29 is 14.3 Å². The van der Waals surface area contributed by atoms with Crippen LogP contribution in [0.4, 0.5) is 0 Å². The van der Waals surface area contributed by atoms with E-state index in [1.165, 1.54) is 5.56 Å². The minimum absolute atomic E-state index is 0.0646. The number of carbonyl (C=O) groups is 2. The normalized spacial score (nSPS) is 12.0. The predicted molar refractivity (Wildman–Crippen MR) is 119 cm³/mol. The average Bonchev–Trinajstić information content (AvgIpc) is 2.71. The van der Waals surface area contributed by atoms with Crippen molar-refractivity contribution >= 4 is 11.8 Å². The molecule has 0 heterocycles. The lowest BCUT2D eigenvalue weighted by molar-refractivity contribution is -0.124. The van der Waals surface area contributed by atoms with Gasteiger partial charge in [0.1, 0.15) is 11.8 Å². The van der Waals surface area contributed by atoms with Crippen LogP contribution in [-0.2, 0) is 17.9 Å². The number of ether oxygens (including phenoxy) is 1. The Morgan fingerprint density at radius 2 is 1.63 bits per heavy atom. The van der Waals surface area contributed by atoms with Gasteiger partial charge in [0, 0.05) is 13.1 Å². The second kappa shape index (κ2) is 11.4. The van der Waals surface area contributed by atoms with Gasteiger partial charge in [-0.15, -0.1) is 0 Å². The second-order valence-corrected chi connectivity index (χ2v) is 7.85. The second-order valence-electron chi connectivity index (χ2n) is 7.85. The quantitative estimate of drug-likeness (QED) is 0.630. The summed E-state index contributed by atoms with van der Waals surface area (Å²) in [6.45, 7) is 7.37. The van der Waals surface area contributed by atoms with Crippen molar-refractivity contribution in [3.8, 4) is 5.75 Å². The van der Waals surface area contributed by atoms with Crippen molar-refractivity contribution in [3.63, 3.8) is 0 Å². The maximum absolute atomic E-state index is 12.9. The minimum Gasteiger partial charge on any atom is -0.493 e. The molecule has 0 aliphatic rings. The van der Waals surface area contributed by atoms with Gasteiger partial charge in [0.2, 0.25) is 5.91 Å². The van der Waals surface area contributed by atoms with Crippen molar-refractivity contribution in [3.05, 3.63) is 65.2 Å². The van der Waals surface area contributed by atoms with Gasteiger partial charge in [0.25, 0.3) is 5.91 Å². The number of para-hydroxylation sites is 1. The lowest BCUT2D eigenvalue weighted by Gasteiger charge is -2.23. The van der Waals surface area contributed by atoms with Crippen molar-refractivity contribution in [1.29, 1.82) is 0 Å². The standard InChI is InChI=1S/C24H33N3O3/c1-6-30-21-14-10-9-13-20(21)23(28)26-22(17(2)3)24(29)25-15-18-11-7-8-12-19(18)16-27(4)5/h7-14,17,22H,6,15-16H2,1-5H3,(H,25,29)(H,26,28)/t22-/m0/s1. The highest BCUT2D eigenvalue weighted by molar-refractivity contribution is 5.99. The number of rotatable bonds is 10. The zero-order chi connectivity index (χ0) is 22.1. The summed E-state index contributed by atoms with van der Waals surface area (Å²) in [5.41, 5.74) is 2.66. The van der Waals surface area contributed by atoms with Gasteiger partial charge in [-0.25, -0.2) is 0 Å². The number of amides is 2. The van der Waals surface area contributed by atoms with Crippen LogP contribution in [0.15, 0.2) is 48.5 Å². The Hall–Kier alpha value is -2.86. The Morgan fingerprint density at radius 1 is 1.00 bits per heavy atom. The van der Waals surface area contributed by atoms with Crippen LogP contribution in [0, 0.1) is 5.92 Å². The number of hydrogen-bond donors (Lipinski definition) is 2. The first-order chi connectivity index (χ1) is 14.3. The lowest BCUT2D eigenvalue weighted by Crippen LogP contribution is -2.49. The predicted octanol–water partition coefficient (Wildman–Crippen LogP) is 3.22. The van der Waals surface area contributed by atoms with Crippen LogP contribution in [-0.4, -0.2) is 43.5 Å². The SMILES string of the molecule is CCOc1ccccc1C(=O)N[C@H](C(=O)NCc1ccccc1CN(C)C)C(C)C. The van der Waals surface area contributed by atoms with Gasteiger partial charge in [-0.3, -0.25) is 9.59 Å². The molecule has 6 heteroatoms. The first-order valence-electron chi connectivity index (χ1n) is 10.3. The Labute approximate surface area is 179 Å². The maximum Gasteiger partial charge on any atom is 0.255 e.